The number of carbonyl (C=O) groups excluding carboxylic acids is 3. The van der Waals surface area contributed by atoms with Crippen LogP contribution in [0.15, 0.2) is 82.6 Å². The Kier molecular flexibility index (Phi) is 7.27. The number of imide groups is 1. The SMILES string of the molecule is CC(=O)Nc1ccc(S(=O)(=O)Oc2ccc(/C=C3\SC(=O)N(Cc4ccc(C)cc4)C3=O)cc2)cc1. The van der Waals surface area contributed by atoms with Gasteiger partial charge in [0.05, 0.1) is 11.4 Å². The van der Waals surface area contributed by atoms with Crippen molar-refractivity contribution in [3.05, 3.63) is 94.4 Å². The lowest BCUT2D eigenvalue weighted by molar-refractivity contribution is -0.123. The summed E-state index contributed by atoms with van der Waals surface area (Å²) in [6, 6.07) is 19.3. The molecule has 1 fully saturated rings. The zero-order valence-corrected chi connectivity index (χ0v) is 21.1. The lowest BCUT2D eigenvalue weighted by Crippen LogP contribution is -2.27. The van der Waals surface area contributed by atoms with E-state index in [9.17, 15) is 22.8 Å². The Balaban J connectivity index is 1.43. The molecule has 1 saturated heterocycles. The number of rotatable bonds is 7. The highest BCUT2D eigenvalue weighted by Crippen LogP contribution is 2.33. The minimum absolute atomic E-state index is 0.0667. The average Bonchev–Trinajstić information content (AvgIpc) is 3.09. The third-order valence-electron chi connectivity index (χ3n) is 5.18. The first-order valence-electron chi connectivity index (χ1n) is 10.8. The van der Waals surface area contributed by atoms with Crippen LogP contribution in [0.1, 0.15) is 23.6 Å². The number of nitrogens with one attached hydrogen (secondary N) is 1. The van der Waals surface area contributed by atoms with E-state index >= 15 is 0 Å². The number of hydrogen-bond acceptors (Lipinski definition) is 7. The van der Waals surface area contributed by atoms with Crippen LogP contribution in [0.25, 0.3) is 6.08 Å². The first kappa shape index (κ1) is 25.2. The predicted molar refractivity (Wildman–Crippen MR) is 138 cm³/mol. The molecule has 0 unspecified atom stereocenters. The van der Waals surface area contributed by atoms with Crippen molar-refractivity contribution >= 4 is 50.7 Å². The fourth-order valence-corrected chi connectivity index (χ4v) is 5.13. The molecular weight excluding hydrogens is 500 g/mol. The Morgan fingerprint density at radius 3 is 2.22 bits per heavy atom. The van der Waals surface area contributed by atoms with E-state index in [2.05, 4.69) is 5.32 Å². The van der Waals surface area contributed by atoms with Crippen molar-refractivity contribution in [2.24, 2.45) is 0 Å². The molecule has 3 aromatic carbocycles. The third-order valence-corrected chi connectivity index (χ3v) is 7.35. The number of aryl methyl sites for hydroxylation is 1. The van der Waals surface area contributed by atoms with Crippen LogP contribution in [0.3, 0.4) is 0 Å². The minimum Gasteiger partial charge on any atom is -0.379 e. The summed E-state index contributed by atoms with van der Waals surface area (Å²) < 4.78 is 30.3. The zero-order valence-electron chi connectivity index (χ0n) is 19.4. The maximum Gasteiger partial charge on any atom is 0.339 e. The predicted octanol–water partition coefficient (Wildman–Crippen LogP) is 4.96. The van der Waals surface area contributed by atoms with Gasteiger partial charge in [0.1, 0.15) is 10.6 Å². The second-order valence-electron chi connectivity index (χ2n) is 8.07. The molecular formula is C26H22N2O6S2. The highest BCUT2D eigenvalue weighted by atomic mass is 32.2. The van der Waals surface area contributed by atoms with Gasteiger partial charge in [0, 0.05) is 12.6 Å². The van der Waals surface area contributed by atoms with Crippen molar-refractivity contribution in [2.45, 2.75) is 25.3 Å². The van der Waals surface area contributed by atoms with Crippen molar-refractivity contribution in [3.63, 3.8) is 0 Å². The third kappa shape index (κ3) is 6.02. The first-order chi connectivity index (χ1) is 17.1. The van der Waals surface area contributed by atoms with Gasteiger partial charge < -0.3 is 9.50 Å². The largest absolute Gasteiger partial charge is 0.379 e. The molecule has 3 aromatic rings. The van der Waals surface area contributed by atoms with Gasteiger partial charge in [-0.15, -0.1) is 0 Å². The standard InChI is InChI=1S/C26H22N2O6S2/c1-17-3-5-20(6-4-17)16-28-25(30)24(35-26(28)31)15-19-7-11-22(12-8-19)34-36(32,33)23-13-9-21(10-14-23)27-18(2)29/h3-15H,16H2,1-2H3,(H,27,29)/b24-15-. The van der Waals surface area contributed by atoms with Gasteiger partial charge in [0.25, 0.3) is 11.1 Å². The van der Waals surface area contributed by atoms with E-state index in [0.717, 1.165) is 22.9 Å². The molecule has 4 rings (SSSR count). The minimum atomic E-state index is -4.09. The van der Waals surface area contributed by atoms with Crippen LogP contribution in [0, 0.1) is 6.92 Å². The van der Waals surface area contributed by atoms with Crippen molar-refractivity contribution in [2.75, 3.05) is 5.32 Å². The number of hydrogen-bond donors (Lipinski definition) is 1. The van der Waals surface area contributed by atoms with Gasteiger partial charge in [-0.05, 0) is 72.3 Å². The second kappa shape index (κ2) is 10.4. The van der Waals surface area contributed by atoms with E-state index in [-0.39, 0.29) is 39.1 Å². The molecule has 3 amide bonds. The van der Waals surface area contributed by atoms with Gasteiger partial charge in [-0.1, -0.05) is 42.0 Å². The molecule has 184 valence electrons. The van der Waals surface area contributed by atoms with E-state index in [1.165, 1.54) is 48.2 Å². The van der Waals surface area contributed by atoms with Crippen molar-refractivity contribution in [1.82, 2.24) is 4.90 Å². The fraction of sp³-hybridized carbons (Fsp3) is 0.115. The number of carbonyl (C=O) groups is 3. The summed E-state index contributed by atoms with van der Waals surface area (Å²) >= 11 is 0.860. The van der Waals surface area contributed by atoms with E-state index in [1.807, 2.05) is 31.2 Å². The lowest BCUT2D eigenvalue weighted by atomic mass is 10.1. The summed E-state index contributed by atoms with van der Waals surface area (Å²) in [6.45, 7) is 3.51. The number of nitrogens with zero attached hydrogens (tertiary/aromatic N) is 1. The van der Waals surface area contributed by atoms with Crippen LogP contribution in [-0.4, -0.2) is 30.4 Å². The first-order valence-corrected chi connectivity index (χ1v) is 13.1. The number of benzene rings is 3. The molecule has 10 heteroatoms. The molecule has 1 N–H and O–H groups in total. The molecule has 8 nitrogen and oxygen atoms in total. The summed E-state index contributed by atoms with van der Waals surface area (Å²) in [5, 5.41) is 2.22. The lowest BCUT2D eigenvalue weighted by Gasteiger charge is -2.12. The monoisotopic (exact) mass is 522 g/mol. The highest BCUT2D eigenvalue weighted by molar-refractivity contribution is 8.18. The van der Waals surface area contributed by atoms with Crippen LogP contribution >= 0.6 is 11.8 Å². The smallest absolute Gasteiger partial charge is 0.339 e. The van der Waals surface area contributed by atoms with E-state index < -0.39 is 10.1 Å². The molecule has 0 saturated carbocycles. The quantitative estimate of drug-likeness (QED) is 0.345. The molecule has 1 aliphatic heterocycles. The van der Waals surface area contributed by atoms with Crippen molar-refractivity contribution in [3.8, 4) is 5.75 Å². The Hall–Kier alpha value is -3.89. The Morgan fingerprint density at radius 1 is 0.972 bits per heavy atom. The van der Waals surface area contributed by atoms with Crippen molar-refractivity contribution in [1.29, 1.82) is 0 Å². The normalized spacial score (nSPS) is 14.8. The van der Waals surface area contributed by atoms with Gasteiger partial charge >= 0.3 is 10.1 Å². The van der Waals surface area contributed by atoms with Crippen LogP contribution in [-0.2, 0) is 26.3 Å². The van der Waals surface area contributed by atoms with E-state index in [0.29, 0.717) is 11.3 Å². The van der Waals surface area contributed by atoms with Gasteiger partial charge in [-0.3, -0.25) is 19.3 Å². The zero-order chi connectivity index (χ0) is 25.9. The molecule has 0 spiro atoms. The molecule has 0 aliphatic carbocycles. The Morgan fingerprint density at radius 2 is 1.61 bits per heavy atom. The molecule has 0 aromatic heterocycles. The van der Waals surface area contributed by atoms with Gasteiger partial charge in [-0.2, -0.15) is 8.42 Å². The summed E-state index contributed by atoms with van der Waals surface area (Å²) in [7, 11) is -4.09. The van der Waals surface area contributed by atoms with Crippen molar-refractivity contribution < 1.29 is 27.0 Å². The molecule has 0 bridgehead atoms. The topological polar surface area (TPSA) is 110 Å². The summed E-state index contributed by atoms with van der Waals surface area (Å²) in [6.07, 6.45) is 1.58. The maximum absolute atomic E-state index is 12.8. The van der Waals surface area contributed by atoms with Crippen LogP contribution in [0.5, 0.6) is 5.75 Å². The van der Waals surface area contributed by atoms with E-state index in [4.69, 9.17) is 4.18 Å². The summed E-state index contributed by atoms with van der Waals surface area (Å²) in [4.78, 5) is 37.7. The summed E-state index contributed by atoms with van der Waals surface area (Å²) in [5.41, 5.74) is 3.03. The average molecular weight is 523 g/mol. The molecule has 1 aliphatic rings. The van der Waals surface area contributed by atoms with Crippen LogP contribution < -0.4 is 9.50 Å². The van der Waals surface area contributed by atoms with Gasteiger partial charge in [0.2, 0.25) is 5.91 Å². The maximum atomic E-state index is 12.8. The molecule has 0 atom stereocenters. The molecule has 36 heavy (non-hydrogen) atoms. The highest BCUT2D eigenvalue weighted by Gasteiger charge is 2.35. The fourth-order valence-electron chi connectivity index (χ4n) is 3.37. The second-order valence-corrected chi connectivity index (χ2v) is 10.6. The number of amides is 3. The number of thioether (sulfide) groups is 1. The van der Waals surface area contributed by atoms with Crippen LogP contribution in [0.4, 0.5) is 10.5 Å². The van der Waals surface area contributed by atoms with Gasteiger partial charge in [-0.25, -0.2) is 0 Å². The number of anilines is 1. The van der Waals surface area contributed by atoms with E-state index in [1.54, 1.807) is 18.2 Å². The summed E-state index contributed by atoms with van der Waals surface area (Å²) in [5.74, 6) is -0.556. The van der Waals surface area contributed by atoms with Crippen LogP contribution in [0.2, 0.25) is 0 Å². The Bertz CT molecular complexity index is 1450. The molecule has 0 radical (unpaired) electrons. The Labute approximate surface area is 213 Å². The molecule has 1 heterocycles. The van der Waals surface area contributed by atoms with Gasteiger partial charge in [0.15, 0.2) is 0 Å².